The zero-order valence-corrected chi connectivity index (χ0v) is 16.5. The summed E-state index contributed by atoms with van der Waals surface area (Å²) in [6.07, 6.45) is 6.77. The van der Waals surface area contributed by atoms with Gasteiger partial charge >= 0.3 is 0 Å². The zero-order valence-electron chi connectivity index (χ0n) is 16.5. The largest absolute Gasteiger partial charge is 0.349 e. The molecule has 4 rings (SSSR count). The quantitative estimate of drug-likeness (QED) is 0.854. The lowest BCUT2D eigenvalue weighted by atomic mass is 9.89. The van der Waals surface area contributed by atoms with E-state index in [1.165, 1.54) is 36.0 Å². The van der Waals surface area contributed by atoms with Crippen LogP contribution < -0.4 is 10.2 Å². The first-order valence-corrected chi connectivity index (χ1v) is 10.4. The summed E-state index contributed by atoms with van der Waals surface area (Å²) in [6.45, 7) is 2.83. The fourth-order valence-electron chi connectivity index (χ4n) is 4.30. The molecule has 0 unspecified atom stereocenters. The van der Waals surface area contributed by atoms with Crippen molar-refractivity contribution in [2.45, 2.75) is 57.9 Å². The summed E-state index contributed by atoms with van der Waals surface area (Å²) in [7, 11) is 0. The number of fused-ring (bicyclic) bond motifs is 1. The summed E-state index contributed by atoms with van der Waals surface area (Å²) in [4.78, 5) is 26.2. The predicted molar refractivity (Wildman–Crippen MR) is 111 cm³/mol. The van der Waals surface area contributed by atoms with Crippen molar-refractivity contribution >= 4 is 17.5 Å². The van der Waals surface area contributed by atoms with Crippen molar-refractivity contribution in [3.63, 3.8) is 0 Å². The van der Waals surface area contributed by atoms with Crippen LogP contribution in [0.15, 0.2) is 42.5 Å². The maximum absolute atomic E-state index is 12.5. The first-order valence-electron chi connectivity index (χ1n) is 10.4. The Balaban J connectivity index is 1.35. The maximum Gasteiger partial charge on any atom is 0.227 e. The van der Waals surface area contributed by atoms with Crippen LogP contribution in [-0.2, 0) is 28.9 Å². The Kier molecular flexibility index (Phi) is 5.47. The lowest BCUT2D eigenvalue weighted by Crippen LogP contribution is -2.28. The summed E-state index contributed by atoms with van der Waals surface area (Å²) in [5.41, 5.74) is 5.97. The number of hydrogen-bond donors (Lipinski definition) is 1. The van der Waals surface area contributed by atoms with Gasteiger partial charge < -0.3 is 10.2 Å². The normalized spacial score (nSPS) is 17.3. The Morgan fingerprint density at radius 2 is 1.75 bits per heavy atom. The average Bonchev–Trinajstić information content (AvgIpc) is 3.14. The van der Waals surface area contributed by atoms with E-state index in [2.05, 4.69) is 23.5 Å². The smallest absolute Gasteiger partial charge is 0.227 e. The fraction of sp³-hybridized carbons (Fsp3) is 0.417. The lowest BCUT2D eigenvalue weighted by molar-refractivity contribution is -0.121. The Labute approximate surface area is 166 Å². The van der Waals surface area contributed by atoms with Crippen molar-refractivity contribution in [1.29, 1.82) is 0 Å². The van der Waals surface area contributed by atoms with E-state index in [0.29, 0.717) is 12.8 Å². The predicted octanol–water partition coefficient (Wildman–Crippen LogP) is 4.11. The molecule has 2 aromatic rings. The highest BCUT2D eigenvalue weighted by molar-refractivity contribution is 5.95. The monoisotopic (exact) mass is 376 g/mol. The summed E-state index contributed by atoms with van der Waals surface area (Å²) >= 11 is 0. The van der Waals surface area contributed by atoms with E-state index in [0.717, 1.165) is 30.6 Å². The minimum absolute atomic E-state index is 0.00113. The van der Waals surface area contributed by atoms with Crippen LogP contribution in [0.25, 0.3) is 0 Å². The second-order valence-electron chi connectivity index (χ2n) is 8.02. The summed E-state index contributed by atoms with van der Waals surface area (Å²) in [6, 6.07) is 14.4. The number of carbonyl (C=O) groups is 2. The molecule has 1 N–H and O–H groups in total. The number of nitrogens with zero attached hydrogens (tertiary/aromatic N) is 1. The molecule has 4 heteroatoms. The molecule has 2 amide bonds. The van der Waals surface area contributed by atoms with Crippen LogP contribution in [-0.4, -0.2) is 18.4 Å². The van der Waals surface area contributed by atoms with Gasteiger partial charge in [-0.3, -0.25) is 9.59 Å². The molecule has 1 aliphatic heterocycles. The average molecular weight is 377 g/mol. The molecule has 0 bridgehead atoms. The summed E-state index contributed by atoms with van der Waals surface area (Å²) in [5, 5.41) is 3.12. The number of aryl methyl sites for hydroxylation is 2. The third-order valence-electron chi connectivity index (χ3n) is 5.94. The number of nitrogens with one attached hydrogen (secondary N) is 1. The molecule has 1 saturated heterocycles. The Morgan fingerprint density at radius 1 is 1.00 bits per heavy atom. The molecule has 2 aromatic carbocycles. The maximum atomic E-state index is 12.5. The number of anilines is 1. The minimum Gasteiger partial charge on any atom is -0.349 e. The molecule has 0 spiro atoms. The number of hydrogen-bond acceptors (Lipinski definition) is 2. The molecular formula is C24H28N2O2. The van der Waals surface area contributed by atoms with Crippen molar-refractivity contribution < 1.29 is 9.59 Å². The molecule has 1 aliphatic carbocycles. The molecule has 28 heavy (non-hydrogen) atoms. The lowest BCUT2D eigenvalue weighted by Gasteiger charge is -2.20. The molecule has 146 valence electrons. The van der Waals surface area contributed by atoms with Crippen molar-refractivity contribution in [1.82, 2.24) is 5.32 Å². The van der Waals surface area contributed by atoms with Gasteiger partial charge in [0.1, 0.15) is 0 Å². The van der Waals surface area contributed by atoms with E-state index < -0.39 is 0 Å². The van der Waals surface area contributed by atoms with Crippen LogP contribution in [0.1, 0.15) is 60.9 Å². The minimum atomic E-state index is 0.00113. The van der Waals surface area contributed by atoms with E-state index in [1.807, 2.05) is 36.1 Å². The zero-order chi connectivity index (χ0) is 19.5. The molecule has 0 aromatic heterocycles. The van der Waals surface area contributed by atoms with Gasteiger partial charge in [0.05, 0.1) is 12.5 Å². The first kappa shape index (κ1) is 18.7. The molecular weight excluding hydrogens is 348 g/mol. The summed E-state index contributed by atoms with van der Waals surface area (Å²) < 4.78 is 0. The van der Waals surface area contributed by atoms with E-state index in [9.17, 15) is 9.59 Å². The van der Waals surface area contributed by atoms with Gasteiger partial charge in [-0.05, 0) is 73.4 Å². The highest BCUT2D eigenvalue weighted by atomic mass is 16.2. The van der Waals surface area contributed by atoms with Crippen molar-refractivity contribution in [3.8, 4) is 0 Å². The van der Waals surface area contributed by atoms with Crippen molar-refractivity contribution in [3.05, 3.63) is 64.7 Å². The number of benzene rings is 2. The number of amides is 2. The standard InChI is InChI=1S/C24H28N2O2/c1-17(20-11-10-19-5-2-3-6-21(19)16-20)25-23(27)15-18-8-12-22(13-9-18)26-14-4-7-24(26)28/h8-13,16-17H,2-7,14-15H2,1H3,(H,25,27)/t17-/m0/s1. The van der Waals surface area contributed by atoms with Crippen LogP contribution in [0.3, 0.4) is 0 Å². The molecule has 0 radical (unpaired) electrons. The van der Waals surface area contributed by atoms with E-state index >= 15 is 0 Å². The molecule has 4 nitrogen and oxygen atoms in total. The fourth-order valence-corrected chi connectivity index (χ4v) is 4.30. The van der Waals surface area contributed by atoms with Gasteiger partial charge in [-0.2, -0.15) is 0 Å². The van der Waals surface area contributed by atoms with Crippen molar-refractivity contribution in [2.24, 2.45) is 0 Å². The third kappa shape index (κ3) is 4.11. The Morgan fingerprint density at radius 3 is 2.46 bits per heavy atom. The van der Waals surface area contributed by atoms with Gasteiger partial charge in [-0.1, -0.05) is 30.3 Å². The van der Waals surface area contributed by atoms with Crippen molar-refractivity contribution in [2.75, 3.05) is 11.4 Å². The highest BCUT2D eigenvalue weighted by Crippen LogP contribution is 2.25. The first-order chi connectivity index (χ1) is 13.6. The van der Waals surface area contributed by atoms with E-state index in [4.69, 9.17) is 0 Å². The second-order valence-corrected chi connectivity index (χ2v) is 8.02. The van der Waals surface area contributed by atoms with Crippen LogP contribution in [0.2, 0.25) is 0 Å². The molecule has 1 heterocycles. The molecule has 2 aliphatic rings. The second kappa shape index (κ2) is 8.17. The third-order valence-corrected chi connectivity index (χ3v) is 5.94. The van der Waals surface area contributed by atoms with Gasteiger partial charge in [-0.15, -0.1) is 0 Å². The Bertz CT molecular complexity index is 873. The Hall–Kier alpha value is -2.62. The highest BCUT2D eigenvalue weighted by Gasteiger charge is 2.21. The summed E-state index contributed by atoms with van der Waals surface area (Å²) in [5.74, 6) is 0.208. The van der Waals surface area contributed by atoms with Crippen LogP contribution in [0.5, 0.6) is 0 Å². The molecule has 0 saturated carbocycles. The van der Waals surface area contributed by atoms with Crippen LogP contribution in [0, 0.1) is 0 Å². The number of rotatable bonds is 5. The molecule has 1 atom stereocenters. The van der Waals surface area contributed by atoms with E-state index in [-0.39, 0.29) is 17.9 Å². The van der Waals surface area contributed by atoms with Gasteiger partial charge in [0.2, 0.25) is 11.8 Å². The van der Waals surface area contributed by atoms with Gasteiger partial charge in [-0.25, -0.2) is 0 Å². The number of carbonyl (C=O) groups excluding carboxylic acids is 2. The SMILES string of the molecule is C[C@H](NC(=O)Cc1ccc(N2CCCC2=O)cc1)c1ccc2c(c1)CCCC2. The van der Waals surface area contributed by atoms with Gasteiger partial charge in [0.25, 0.3) is 0 Å². The van der Waals surface area contributed by atoms with E-state index in [1.54, 1.807) is 0 Å². The van der Waals surface area contributed by atoms with Crippen LogP contribution in [0.4, 0.5) is 5.69 Å². The molecule has 1 fully saturated rings. The van der Waals surface area contributed by atoms with Gasteiger partial charge in [0.15, 0.2) is 0 Å². The van der Waals surface area contributed by atoms with Gasteiger partial charge in [0, 0.05) is 18.7 Å². The topological polar surface area (TPSA) is 49.4 Å². The van der Waals surface area contributed by atoms with Crippen LogP contribution >= 0.6 is 0 Å².